The van der Waals surface area contributed by atoms with Gasteiger partial charge in [-0.1, -0.05) is 6.07 Å². The van der Waals surface area contributed by atoms with Crippen molar-refractivity contribution in [2.24, 2.45) is 5.73 Å². The standard InChI is InChI=1S/C17H16N4O5/c1-9(19)11(6-18)12(22)7-21-15(23)17(2,20-16(21)24)10-3-4-13-14(5-10)26-8-25-13/h3-5H,7-8,19H2,1-2H3,(H,20,24). The Morgan fingerprint density at radius 1 is 1.38 bits per heavy atom. The van der Waals surface area contributed by atoms with Gasteiger partial charge >= 0.3 is 6.03 Å². The first-order valence-electron chi connectivity index (χ1n) is 7.72. The molecule has 3 N–H and O–H groups in total. The zero-order chi connectivity index (χ0) is 19.1. The van der Waals surface area contributed by atoms with Crippen LogP contribution in [-0.2, 0) is 15.1 Å². The Bertz CT molecular complexity index is 897. The van der Waals surface area contributed by atoms with Gasteiger partial charge in [-0.05, 0) is 31.5 Å². The van der Waals surface area contributed by atoms with Crippen molar-refractivity contribution in [2.75, 3.05) is 13.3 Å². The maximum absolute atomic E-state index is 12.8. The molecule has 1 unspecified atom stereocenters. The molecule has 9 nitrogen and oxygen atoms in total. The van der Waals surface area contributed by atoms with Gasteiger partial charge in [-0.25, -0.2) is 4.79 Å². The number of urea groups is 1. The minimum Gasteiger partial charge on any atom is -0.454 e. The molecular formula is C17H16N4O5. The van der Waals surface area contributed by atoms with Crippen molar-refractivity contribution in [1.82, 2.24) is 10.2 Å². The van der Waals surface area contributed by atoms with E-state index in [0.717, 1.165) is 4.90 Å². The maximum atomic E-state index is 12.8. The number of amides is 3. The molecule has 9 heteroatoms. The number of nitriles is 1. The highest BCUT2D eigenvalue weighted by Gasteiger charge is 2.50. The molecule has 3 amide bonds. The van der Waals surface area contributed by atoms with Crippen molar-refractivity contribution in [1.29, 1.82) is 5.26 Å². The van der Waals surface area contributed by atoms with Crippen molar-refractivity contribution < 1.29 is 23.9 Å². The van der Waals surface area contributed by atoms with Crippen LogP contribution in [0.15, 0.2) is 29.5 Å². The summed E-state index contributed by atoms with van der Waals surface area (Å²) in [6, 6.07) is 5.86. The molecule has 2 aliphatic rings. The third-order valence-electron chi connectivity index (χ3n) is 4.31. The molecule has 0 radical (unpaired) electrons. The fraction of sp³-hybridized carbons (Fsp3) is 0.294. The van der Waals surface area contributed by atoms with Crippen LogP contribution in [0.4, 0.5) is 4.79 Å². The maximum Gasteiger partial charge on any atom is 0.325 e. The first-order chi connectivity index (χ1) is 12.3. The molecule has 0 aliphatic carbocycles. The van der Waals surface area contributed by atoms with Gasteiger partial charge in [0.25, 0.3) is 5.91 Å². The fourth-order valence-electron chi connectivity index (χ4n) is 2.84. The molecule has 0 saturated carbocycles. The first kappa shape index (κ1) is 17.3. The molecule has 0 aromatic heterocycles. The van der Waals surface area contributed by atoms with Crippen LogP contribution < -0.4 is 20.5 Å². The molecule has 2 aliphatic heterocycles. The van der Waals surface area contributed by atoms with E-state index < -0.39 is 29.8 Å². The highest BCUT2D eigenvalue weighted by atomic mass is 16.7. The van der Waals surface area contributed by atoms with Gasteiger partial charge in [-0.15, -0.1) is 0 Å². The molecule has 2 heterocycles. The van der Waals surface area contributed by atoms with E-state index in [1.807, 2.05) is 0 Å². The van der Waals surface area contributed by atoms with Crippen LogP contribution in [0.1, 0.15) is 19.4 Å². The van der Waals surface area contributed by atoms with Crippen LogP contribution in [0.3, 0.4) is 0 Å². The summed E-state index contributed by atoms with van der Waals surface area (Å²) in [5.74, 6) is -0.301. The molecule has 1 saturated heterocycles. The Hall–Kier alpha value is -3.54. The van der Waals surface area contributed by atoms with Gasteiger partial charge in [-0.2, -0.15) is 5.26 Å². The normalized spacial score (nSPS) is 22.0. The van der Waals surface area contributed by atoms with E-state index in [2.05, 4.69) is 5.32 Å². The Labute approximate surface area is 148 Å². The number of hydrogen-bond donors (Lipinski definition) is 2. The number of nitrogens with one attached hydrogen (secondary N) is 1. The number of benzene rings is 1. The molecule has 26 heavy (non-hydrogen) atoms. The molecular weight excluding hydrogens is 340 g/mol. The molecule has 1 atom stereocenters. The Kier molecular flexibility index (Phi) is 4.04. The van der Waals surface area contributed by atoms with Gasteiger partial charge in [0.15, 0.2) is 17.3 Å². The largest absolute Gasteiger partial charge is 0.454 e. The minimum atomic E-state index is -1.37. The van der Waals surface area contributed by atoms with Crippen molar-refractivity contribution >= 4 is 17.7 Å². The Balaban J connectivity index is 1.88. The number of hydrogen-bond acceptors (Lipinski definition) is 7. The van der Waals surface area contributed by atoms with Gasteiger partial charge in [0, 0.05) is 5.70 Å². The van der Waals surface area contributed by atoms with Gasteiger partial charge in [-0.3, -0.25) is 14.5 Å². The van der Waals surface area contributed by atoms with Gasteiger partial charge in [0.1, 0.15) is 17.2 Å². The van der Waals surface area contributed by atoms with Crippen LogP contribution >= 0.6 is 0 Å². The van der Waals surface area contributed by atoms with Gasteiger partial charge < -0.3 is 20.5 Å². The zero-order valence-electron chi connectivity index (χ0n) is 14.2. The third kappa shape index (κ3) is 2.61. The van der Waals surface area contributed by atoms with Crippen molar-refractivity contribution in [3.8, 4) is 17.6 Å². The second-order valence-electron chi connectivity index (χ2n) is 6.11. The number of Topliss-reactive ketones (excluding diaryl/α,β-unsaturated/α-hetero) is 1. The lowest BCUT2D eigenvalue weighted by atomic mass is 9.91. The minimum absolute atomic E-state index is 0.0306. The predicted octanol–water partition coefficient (Wildman–Crippen LogP) is 0.508. The molecule has 1 aromatic carbocycles. The lowest BCUT2D eigenvalue weighted by Gasteiger charge is -2.22. The highest BCUT2D eigenvalue weighted by Crippen LogP contribution is 2.37. The number of ether oxygens (including phenoxy) is 2. The van der Waals surface area contributed by atoms with E-state index in [0.29, 0.717) is 17.1 Å². The summed E-state index contributed by atoms with van der Waals surface area (Å²) in [6.45, 7) is 2.45. The quantitative estimate of drug-likeness (QED) is 0.456. The van der Waals surface area contributed by atoms with Crippen molar-refractivity contribution in [2.45, 2.75) is 19.4 Å². The molecule has 3 rings (SSSR count). The van der Waals surface area contributed by atoms with E-state index in [4.69, 9.17) is 20.5 Å². The van der Waals surface area contributed by atoms with E-state index in [1.54, 1.807) is 24.3 Å². The summed E-state index contributed by atoms with van der Waals surface area (Å²) in [4.78, 5) is 38.1. The van der Waals surface area contributed by atoms with Gasteiger partial charge in [0.05, 0.1) is 6.54 Å². The summed E-state index contributed by atoms with van der Waals surface area (Å²) >= 11 is 0. The van der Waals surface area contributed by atoms with E-state index >= 15 is 0 Å². The zero-order valence-corrected chi connectivity index (χ0v) is 14.2. The third-order valence-corrected chi connectivity index (χ3v) is 4.31. The topological polar surface area (TPSA) is 135 Å². The SMILES string of the molecule is CC(N)=C(C#N)C(=O)CN1C(=O)NC(C)(c2ccc3c(c2)OCO3)C1=O. The summed E-state index contributed by atoms with van der Waals surface area (Å²) in [6.07, 6.45) is 0. The van der Waals surface area contributed by atoms with E-state index in [1.165, 1.54) is 13.8 Å². The molecule has 1 fully saturated rings. The van der Waals surface area contributed by atoms with Crippen molar-refractivity contribution in [3.63, 3.8) is 0 Å². The van der Waals surface area contributed by atoms with Crippen LogP contribution in [0, 0.1) is 11.3 Å². The predicted molar refractivity (Wildman–Crippen MR) is 87.7 cm³/mol. The summed E-state index contributed by atoms with van der Waals surface area (Å²) < 4.78 is 10.5. The van der Waals surface area contributed by atoms with Crippen LogP contribution in [0.5, 0.6) is 11.5 Å². The molecule has 0 bridgehead atoms. The van der Waals surface area contributed by atoms with Crippen LogP contribution in [0.25, 0.3) is 0 Å². The summed E-state index contributed by atoms with van der Waals surface area (Å²) in [5, 5.41) is 11.6. The second-order valence-corrected chi connectivity index (χ2v) is 6.11. The average molecular weight is 356 g/mol. The van der Waals surface area contributed by atoms with Crippen LogP contribution in [-0.4, -0.2) is 36.0 Å². The monoisotopic (exact) mass is 356 g/mol. The fourth-order valence-corrected chi connectivity index (χ4v) is 2.84. The number of carbonyl (C=O) groups is 3. The molecule has 134 valence electrons. The lowest BCUT2D eigenvalue weighted by Crippen LogP contribution is -2.41. The average Bonchev–Trinajstić information content (AvgIpc) is 3.13. The first-order valence-corrected chi connectivity index (χ1v) is 7.72. The number of ketones is 1. The van der Waals surface area contributed by atoms with Gasteiger partial charge in [0.2, 0.25) is 6.79 Å². The van der Waals surface area contributed by atoms with E-state index in [9.17, 15) is 14.4 Å². The summed E-state index contributed by atoms with van der Waals surface area (Å²) in [5.41, 5.74) is 4.37. The lowest BCUT2D eigenvalue weighted by molar-refractivity contribution is -0.133. The number of rotatable bonds is 4. The Morgan fingerprint density at radius 3 is 2.73 bits per heavy atom. The number of allylic oxidation sites excluding steroid dienone is 1. The second kappa shape index (κ2) is 6.07. The Morgan fingerprint density at radius 2 is 2.08 bits per heavy atom. The van der Waals surface area contributed by atoms with Crippen LogP contribution in [0.2, 0.25) is 0 Å². The number of nitrogens with two attached hydrogens (primary N) is 1. The smallest absolute Gasteiger partial charge is 0.325 e. The summed E-state index contributed by atoms with van der Waals surface area (Å²) in [7, 11) is 0. The number of carbonyl (C=O) groups excluding carboxylic acids is 3. The molecule has 0 spiro atoms. The highest BCUT2D eigenvalue weighted by molar-refractivity contribution is 6.12. The van der Waals surface area contributed by atoms with Crippen molar-refractivity contribution in [3.05, 3.63) is 35.0 Å². The molecule has 1 aromatic rings. The van der Waals surface area contributed by atoms with E-state index in [-0.39, 0.29) is 18.1 Å². The number of nitrogens with zero attached hydrogens (tertiary/aromatic N) is 2. The number of imide groups is 1. The number of fused-ring (bicyclic) bond motifs is 1.